The molecule has 2 aliphatic rings. The van der Waals surface area contributed by atoms with Crippen LogP contribution in [0.3, 0.4) is 0 Å². The number of aromatic carboxylic acids is 1. The van der Waals surface area contributed by atoms with Crippen LogP contribution in [0.25, 0.3) is 0 Å². The van der Waals surface area contributed by atoms with Crippen LogP contribution in [-0.4, -0.2) is 27.0 Å². The van der Waals surface area contributed by atoms with Crippen molar-refractivity contribution < 1.29 is 14.7 Å². The molecule has 0 bridgehead atoms. The average Bonchev–Trinajstić information content (AvgIpc) is 2.98. The van der Waals surface area contributed by atoms with Gasteiger partial charge in [-0.15, -0.1) is 0 Å². The fourth-order valence-corrected chi connectivity index (χ4v) is 3.23. The van der Waals surface area contributed by atoms with Crippen molar-refractivity contribution >= 4 is 17.7 Å². The van der Waals surface area contributed by atoms with E-state index in [0.717, 1.165) is 11.1 Å². The van der Waals surface area contributed by atoms with Gasteiger partial charge in [-0.05, 0) is 24.1 Å². The molecular formula is C15H11N3O3. The van der Waals surface area contributed by atoms with E-state index in [1.165, 1.54) is 6.07 Å². The fourth-order valence-electron chi connectivity index (χ4n) is 3.23. The Hall–Kier alpha value is -2.76. The van der Waals surface area contributed by atoms with E-state index in [2.05, 4.69) is 15.3 Å². The summed E-state index contributed by atoms with van der Waals surface area (Å²) in [5, 5.41) is 11.8. The molecule has 0 saturated carbocycles. The number of carbonyl (C=O) groups is 2. The maximum absolute atomic E-state index is 12.4. The minimum absolute atomic E-state index is 0.00983. The van der Waals surface area contributed by atoms with Gasteiger partial charge < -0.3 is 10.4 Å². The summed E-state index contributed by atoms with van der Waals surface area (Å²) in [6.45, 7) is 0. The fraction of sp³-hybridized carbons (Fsp3) is 0.200. The van der Waals surface area contributed by atoms with Crippen LogP contribution in [-0.2, 0) is 23.1 Å². The van der Waals surface area contributed by atoms with E-state index in [-0.39, 0.29) is 11.6 Å². The second-order valence-electron chi connectivity index (χ2n) is 5.40. The zero-order chi connectivity index (χ0) is 14.6. The molecule has 1 aliphatic carbocycles. The normalized spacial score (nSPS) is 22.0. The van der Waals surface area contributed by atoms with E-state index < -0.39 is 11.4 Å². The first kappa shape index (κ1) is 12.0. The first-order valence-corrected chi connectivity index (χ1v) is 6.59. The third-order valence-electron chi connectivity index (χ3n) is 4.24. The smallest absolute Gasteiger partial charge is 0.354 e. The number of carboxylic acid groups (broad SMARTS) is 1. The number of hydrogen-bond acceptors (Lipinski definition) is 4. The molecule has 0 radical (unpaired) electrons. The van der Waals surface area contributed by atoms with Gasteiger partial charge in [0.05, 0.1) is 5.41 Å². The van der Waals surface area contributed by atoms with Crippen LogP contribution in [0.4, 0.5) is 5.82 Å². The molecule has 1 amide bonds. The third-order valence-corrected chi connectivity index (χ3v) is 4.24. The Kier molecular flexibility index (Phi) is 2.22. The number of hydrogen-bond donors (Lipinski definition) is 2. The number of anilines is 1. The molecule has 4 rings (SSSR count). The van der Waals surface area contributed by atoms with Crippen LogP contribution in [0.1, 0.15) is 27.3 Å². The Bertz CT molecular complexity index is 803. The number of carbonyl (C=O) groups excluding carboxylic acids is 1. The summed E-state index contributed by atoms with van der Waals surface area (Å²) in [4.78, 5) is 31.8. The highest BCUT2D eigenvalue weighted by Gasteiger charge is 2.51. The average molecular weight is 281 g/mol. The quantitative estimate of drug-likeness (QED) is 0.818. The van der Waals surface area contributed by atoms with Crippen molar-refractivity contribution in [2.75, 3.05) is 5.32 Å². The number of aromatic nitrogens is 2. The Morgan fingerprint density at radius 1 is 1.29 bits per heavy atom. The minimum Gasteiger partial charge on any atom is -0.477 e. The highest BCUT2D eigenvalue weighted by atomic mass is 16.4. The van der Waals surface area contributed by atoms with Crippen LogP contribution < -0.4 is 5.32 Å². The van der Waals surface area contributed by atoms with Crippen molar-refractivity contribution in [1.82, 2.24) is 9.97 Å². The molecular weight excluding hydrogens is 270 g/mol. The van der Waals surface area contributed by atoms with Crippen LogP contribution >= 0.6 is 0 Å². The van der Waals surface area contributed by atoms with Gasteiger partial charge in [-0.3, -0.25) is 4.79 Å². The molecule has 0 fully saturated rings. The second-order valence-corrected chi connectivity index (χ2v) is 5.40. The lowest BCUT2D eigenvalue weighted by Gasteiger charge is -2.19. The first-order valence-electron chi connectivity index (χ1n) is 6.59. The number of amides is 1. The van der Waals surface area contributed by atoms with Crippen LogP contribution in [0, 0.1) is 0 Å². The molecule has 2 N–H and O–H groups in total. The lowest BCUT2D eigenvalue weighted by Crippen LogP contribution is -2.35. The summed E-state index contributed by atoms with van der Waals surface area (Å²) in [6.07, 6.45) is 2.58. The van der Waals surface area contributed by atoms with Gasteiger partial charge in [-0.25, -0.2) is 14.8 Å². The van der Waals surface area contributed by atoms with Crippen molar-refractivity contribution in [2.24, 2.45) is 0 Å². The summed E-state index contributed by atoms with van der Waals surface area (Å²) >= 11 is 0. The van der Waals surface area contributed by atoms with Gasteiger partial charge in [0, 0.05) is 23.9 Å². The summed E-state index contributed by atoms with van der Waals surface area (Å²) in [5.41, 5.74) is 1.78. The second kappa shape index (κ2) is 3.88. The predicted octanol–water partition coefficient (Wildman–Crippen LogP) is 1.16. The Morgan fingerprint density at radius 3 is 2.95 bits per heavy atom. The topological polar surface area (TPSA) is 92.2 Å². The van der Waals surface area contributed by atoms with E-state index in [9.17, 15) is 9.59 Å². The Morgan fingerprint density at radius 2 is 2.14 bits per heavy atom. The van der Waals surface area contributed by atoms with Crippen LogP contribution in [0.2, 0.25) is 0 Å². The molecule has 2 aromatic heterocycles. The standard InChI is InChI=1S/C15H11N3O3/c19-13(20)10-4-3-8-6-15(7-11(8)17-10)9-2-1-5-16-12(9)18-14(15)21/h1-5H,6-7H2,(H,19,20)(H,16,18,21). The van der Waals surface area contributed by atoms with Gasteiger partial charge in [-0.2, -0.15) is 0 Å². The van der Waals surface area contributed by atoms with E-state index >= 15 is 0 Å². The molecule has 1 unspecified atom stereocenters. The minimum atomic E-state index is -1.06. The van der Waals surface area contributed by atoms with E-state index in [4.69, 9.17) is 5.11 Å². The van der Waals surface area contributed by atoms with Gasteiger partial charge in [0.1, 0.15) is 11.5 Å². The van der Waals surface area contributed by atoms with Crippen LogP contribution in [0.5, 0.6) is 0 Å². The molecule has 104 valence electrons. The summed E-state index contributed by atoms with van der Waals surface area (Å²) in [7, 11) is 0. The Labute approximate surface area is 119 Å². The van der Waals surface area contributed by atoms with Crippen molar-refractivity contribution in [3.8, 4) is 0 Å². The van der Waals surface area contributed by atoms with E-state index in [1.54, 1.807) is 18.3 Å². The molecule has 1 spiro atoms. The van der Waals surface area contributed by atoms with Gasteiger partial charge in [0.2, 0.25) is 5.91 Å². The summed E-state index contributed by atoms with van der Waals surface area (Å²) in [6, 6.07) is 6.93. The summed E-state index contributed by atoms with van der Waals surface area (Å²) < 4.78 is 0. The molecule has 1 aliphatic heterocycles. The van der Waals surface area contributed by atoms with Gasteiger partial charge in [0.15, 0.2) is 0 Å². The molecule has 1 atom stereocenters. The monoisotopic (exact) mass is 281 g/mol. The molecule has 3 heterocycles. The third kappa shape index (κ3) is 1.53. The molecule has 0 saturated heterocycles. The number of fused-ring (bicyclic) bond motifs is 3. The largest absolute Gasteiger partial charge is 0.477 e. The number of rotatable bonds is 1. The van der Waals surface area contributed by atoms with Crippen molar-refractivity contribution in [1.29, 1.82) is 0 Å². The van der Waals surface area contributed by atoms with Crippen molar-refractivity contribution in [3.05, 3.63) is 53.0 Å². The maximum Gasteiger partial charge on any atom is 0.354 e. The number of carboxylic acids is 1. The zero-order valence-corrected chi connectivity index (χ0v) is 11.0. The first-order chi connectivity index (χ1) is 10.1. The number of pyridine rings is 2. The highest BCUT2D eigenvalue weighted by Crippen LogP contribution is 2.45. The van der Waals surface area contributed by atoms with Crippen molar-refractivity contribution in [2.45, 2.75) is 18.3 Å². The molecule has 21 heavy (non-hydrogen) atoms. The van der Waals surface area contributed by atoms with E-state index in [0.29, 0.717) is 24.4 Å². The lowest BCUT2D eigenvalue weighted by molar-refractivity contribution is -0.120. The maximum atomic E-state index is 12.4. The molecule has 2 aromatic rings. The van der Waals surface area contributed by atoms with Gasteiger partial charge >= 0.3 is 5.97 Å². The summed E-state index contributed by atoms with van der Waals surface area (Å²) in [5.74, 6) is -0.559. The molecule has 6 nitrogen and oxygen atoms in total. The molecule has 0 aromatic carbocycles. The molecule has 6 heteroatoms. The van der Waals surface area contributed by atoms with E-state index in [1.807, 2.05) is 6.07 Å². The van der Waals surface area contributed by atoms with Gasteiger partial charge in [-0.1, -0.05) is 12.1 Å². The number of nitrogens with zero attached hydrogens (tertiary/aromatic N) is 2. The van der Waals surface area contributed by atoms with Crippen molar-refractivity contribution in [3.63, 3.8) is 0 Å². The lowest BCUT2D eigenvalue weighted by atomic mass is 9.80. The highest BCUT2D eigenvalue weighted by molar-refractivity contribution is 6.06. The predicted molar refractivity (Wildman–Crippen MR) is 73.1 cm³/mol. The zero-order valence-electron chi connectivity index (χ0n) is 11.0. The number of nitrogens with one attached hydrogen (secondary N) is 1. The Balaban J connectivity index is 1.83. The van der Waals surface area contributed by atoms with Crippen LogP contribution in [0.15, 0.2) is 30.5 Å². The van der Waals surface area contributed by atoms with Gasteiger partial charge in [0.25, 0.3) is 0 Å². The SMILES string of the molecule is O=C(O)c1ccc2c(n1)CC1(C2)C(=O)Nc2ncccc21.